The van der Waals surface area contributed by atoms with Gasteiger partial charge in [0.05, 0.1) is 13.7 Å². The average molecular weight is 243 g/mol. The first kappa shape index (κ1) is 14.6. The highest BCUT2D eigenvalue weighted by Crippen LogP contribution is 2.17. The molecule has 16 heavy (non-hydrogen) atoms. The van der Waals surface area contributed by atoms with Crippen molar-refractivity contribution < 1.29 is 14.3 Å². The third kappa shape index (κ3) is 5.50. The van der Waals surface area contributed by atoms with Crippen molar-refractivity contribution in [3.63, 3.8) is 0 Å². The number of primary amides is 1. The third-order valence-corrected chi connectivity index (χ3v) is 1.81. The smallest absolute Gasteiger partial charge is 0.404 e. The Bertz CT molecular complexity index is 318. The number of carbonyl (C=O) groups is 1. The van der Waals surface area contributed by atoms with E-state index in [1.54, 1.807) is 13.4 Å². The molecular formula is C11H17NO3S. The van der Waals surface area contributed by atoms with Crippen LogP contribution in [0.2, 0.25) is 0 Å². The Balaban J connectivity index is 0.00000106. The van der Waals surface area contributed by atoms with Gasteiger partial charge in [0.15, 0.2) is 0 Å². The van der Waals surface area contributed by atoms with Crippen LogP contribution in [-0.4, -0.2) is 26.1 Å². The lowest BCUT2D eigenvalue weighted by Crippen LogP contribution is -2.14. The summed E-state index contributed by atoms with van der Waals surface area (Å²) in [6.45, 7) is 0.274. The van der Waals surface area contributed by atoms with Crippen LogP contribution in [0.5, 0.6) is 5.75 Å². The highest BCUT2D eigenvalue weighted by molar-refractivity contribution is 7.79. The molecule has 4 nitrogen and oxygen atoms in total. The third-order valence-electron chi connectivity index (χ3n) is 1.81. The number of ether oxygens (including phenoxy) is 2. The maximum atomic E-state index is 10.3. The molecule has 90 valence electrons. The van der Waals surface area contributed by atoms with Crippen molar-refractivity contribution in [2.24, 2.45) is 5.73 Å². The monoisotopic (exact) mass is 243 g/mol. The number of thiol groups is 1. The molecule has 0 radical (unpaired) electrons. The number of para-hydroxylation sites is 1. The van der Waals surface area contributed by atoms with E-state index in [2.05, 4.69) is 17.4 Å². The molecule has 0 aliphatic heterocycles. The largest absolute Gasteiger partial charge is 0.496 e. The van der Waals surface area contributed by atoms with Crippen LogP contribution < -0.4 is 10.5 Å². The summed E-state index contributed by atoms with van der Waals surface area (Å²) in [5.41, 5.74) is 5.83. The second-order valence-electron chi connectivity index (χ2n) is 2.73. The van der Waals surface area contributed by atoms with Gasteiger partial charge in [-0.05, 0) is 17.9 Å². The van der Waals surface area contributed by atoms with Crippen LogP contribution in [0.25, 0.3) is 0 Å². The number of nitrogens with two attached hydrogens (primary N) is 1. The Morgan fingerprint density at radius 2 is 2.00 bits per heavy atom. The van der Waals surface area contributed by atoms with Gasteiger partial charge in [-0.25, -0.2) is 4.79 Å². The molecule has 0 saturated heterocycles. The number of rotatable bonds is 4. The van der Waals surface area contributed by atoms with Gasteiger partial charge < -0.3 is 15.2 Å². The normalized spacial score (nSPS) is 8.69. The molecule has 1 rings (SSSR count). The highest BCUT2D eigenvalue weighted by atomic mass is 32.1. The molecule has 5 heteroatoms. The van der Waals surface area contributed by atoms with E-state index in [0.29, 0.717) is 6.42 Å². The van der Waals surface area contributed by atoms with Gasteiger partial charge in [0.25, 0.3) is 0 Å². The average Bonchev–Trinajstić information content (AvgIpc) is 2.32. The van der Waals surface area contributed by atoms with Crippen molar-refractivity contribution in [3.05, 3.63) is 29.8 Å². The van der Waals surface area contributed by atoms with E-state index < -0.39 is 6.09 Å². The second kappa shape index (κ2) is 8.91. The number of amides is 1. The highest BCUT2D eigenvalue weighted by Gasteiger charge is 2.02. The van der Waals surface area contributed by atoms with E-state index in [1.165, 1.54) is 0 Å². The number of carbonyl (C=O) groups excluding carboxylic acids is 1. The minimum Gasteiger partial charge on any atom is -0.496 e. The van der Waals surface area contributed by atoms with E-state index in [9.17, 15) is 4.79 Å². The van der Waals surface area contributed by atoms with Crippen molar-refractivity contribution in [2.75, 3.05) is 20.0 Å². The Morgan fingerprint density at radius 1 is 1.38 bits per heavy atom. The molecule has 0 unspecified atom stereocenters. The lowest BCUT2D eigenvalue weighted by Gasteiger charge is -2.07. The van der Waals surface area contributed by atoms with Crippen LogP contribution in [0.3, 0.4) is 0 Å². The minimum atomic E-state index is -0.750. The van der Waals surface area contributed by atoms with Gasteiger partial charge in [-0.15, -0.1) is 0 Å². The second-order valence-corrected chi connectivity index (χ2v) is 2.73. The van der Waals surface area contributed by atoms with Crippen LogP contribution in [0.15, 0.2) is 24.3 Å². The van der Waals surface area contributed by atoms with Crippen LogP contribution >= 0.6 is 12.6 Å². The molecule has 1 aromatic rings. The lowest BCUT2D eigenvalue weighted by molar-refractivity contribution is 0.158. The van der Waals surface area contributed by atoms with E-state index in [1.807, 2.05) is 24.3 Å². The van der Waals surface area contributed by atoms with Crippen LogP contribution in [0, 0.1) is 0 Å². The van der Waals surface area contributed by atoms with Crippen molar-refractivity contribution in [1.29, 1.82) is 0 Å². The van der Waals surface area contributed by atoms with Gasteiger partial charge >= 0.3 is 6.09 Å². The predicted octanol–water partition coefficient (Wildman–Crippen LogP) is 1.88. The molecule has 0 aromatic heterocycles. The Hall–Kier alpha value is -1.36. The van der Waals surface area contributed by atoms with Gasteiger partial charge in [0, 0.05) is 6.42 Å². The molecule has 0 heterocycles. The fourth-order valence-corrected chi connectivity index (χ4v) is 1.17. The first-order valence-corrected chi connectivity index (χ1v) is 5.62. The Morgan fingerprint density at radius 3 is 2.56 bits per heavy atom. The van der Waals surface area contributed by atoms with E-state index in [0.717, 1.165) is 11.3 Å². The topological polar surface area (TPSA) is 61.6 Å². The SMILES string of the molecule is COc1ccccc1CCOC(N)=O.CS. The van der Waals surface area contributed by atoms with Gasteiger partial charge in [-0.3, -0.25) is 0 Å². The van der Waals surface area contributed by atoms with E-state index in [4.69, 9.17) is 10.5 Å². The molecular weight excluding hydrogens is 226 g/mol. The summed E-state index contributed by atoms with van der Waals surface area (Å²) in [5.74, 6) is 0.792. The van der Waals surface area contributed by atoms with E-state index >= 15 is 0 Å². The molecule has 1 amide bonds. The number of hydrogen-bond acceptors (Lipinski definition) is 4. The molecule has 2 N–H and O–H groups in total. The summed E-state index contributed by atoms with van der Waals surface area (Å²) in [7, 11) is 1.60. The maximum Gasteiger partial charge on any atom is 0.404 e. The number of benzene rings is 1. The van der Waals surface area contributed by atoms with Crippen LogP contribution in [0.4, 0.5) is 4.79 Å². The van der Waals surface area contributed by atoms with E-state index in [-0.39, 0.29) is 6.61 Å². The van der Waals surface area contributed by atoms with Crippen LogP contribution in [0.1, 0.15) is 5.56 Å². The van der Waals surface area contributed by atoms with Gasteiger partial charge in [-0.1, -0.05) is 18.2 Å². The van der Waals surface area contributed by atoms with Crippen molar-refractivity contribution >= 4 is 18.7 Å². The first-order chi connectivity index (χ1) is 7.74. The Kier molecular flexibility index (Phi) is 8.15. The molecule has 0 spiro atoms. The molecule has 1 aromatic carbocycles. The standard InChI is InChI=1S/C10H13NO3.CH4S/c1-13-9-5-3-2-4-8(9)6-7-14-10(11)12;1-2/h2-5H,6-7H2,1H3,(H2,11,12);2H,1H3. The van der Waals surface area contributed by atoms with Crippen molar-refractivity contribution in [2.45, 2.75) is 6.42 Å². The summed E-state index contributed by atoms with van der Waals surface area (Å²) in [4.78, 5) is 10.3. The summed E-state index contributed by atoms with van der Waals surface area (Å²) in [6.07, 6.45) is 1.55. The summed E-state index contributed by atoms with van der Waals surface area (Å²) in [6, 6.07) is 7.57. The van der Waals surface area contributed by atoms with Crippen molar-refractivity contribution in [1.82, 2.24) is 0 Å². The summed E-state index contributed by atoms with van der Waals surface area (Å²) < 4.78 is 9.76. The zero-order valence-corrected chi connectivity index (χ0v) is 10.4. The first-order valence-electron chi connectivity index (χ1n) is 4.73. The fraction of sp³-hybridized carbons (Fsp3) is 0.364. The minimum absolute atomic E-state index is 0.274. The number of methoxy groups -OCH3 is 1. The van der Waals surface area contributed by atoms with Crippen LogP contribution in [-0.2, 0) is 11.2 Å². The molecule has 0 atom stereocenters. The quantitative estimate of drug-likeness (QED) is 0.794. The zero-order valence-electron chi connectivity index (χ0n) is 9.47. The lowest BCUT2D eigenvalue weighted by atomic mass is 10.1. The van der Waals surface area contributed by atoms with Gasteiger partial charge in [-0.2, -0.15) is 12.6 Å². The molecule has 0 saturated carbocycles. The molecule has 0 aliphatic rings. The predicted molar refractivity (Wildman–Crippen MR) is 67.1 cm³/mol. The fourth-order valence-electron chi connectivity index (χ4n) is 1.17. The van der Waals surface area contributed by atoms with Gasteiger partial charge in [0.2, 0.25) is 0 Å². The number of hydrogen-bond donors (Lipinski definition) is 2. The van der Waals surface area contributed by atoms with Crippen molar-refractivity contribution in [3.8, 4) is 5.75 Å². The molecule has 0 bridgehead atoms. The maximum absolute atomic E-state index is 10.3. The molecule has 0 aliphatic carbocycles. The Labute approximate surface area is 101 Å². The van der Waals surface area contributed by atoms with Gasteiger partial charge in [0.1, 0.15) is 5.75 Å². The zero-order chi connectivity index (χ0) is 12.4. The summed E-state index contributed by atoms with van der Waals surface area (Å²) >= 11 is 3.53. The summed E-state index contributed by atoms with van der Waals surface area (Å²) in [5, 5.41) is 0. The molecule has 0 fully saturated rings.